The van der Waals surface area contributed by atoms with E-state index in [2.05, 4.69) is 9.17 Å². The molecule has 5 aromatic carbocycles. The Morgan fingerprint density at radius 3 is 1.60 bits per heavy atom. The predicted octanol–water partition coefficient (Wildman–Crippen LogP) is 9.50. The Kier molecular flexibility index (Phi) is 6.74. The first-order valence-corrected chi connectivity index (χ1v) is 14.3. The molecule has 45 heavy (non-hydrogen) atoms. The molecular weight excluding hydrogens is 637 g/mol. The Morgan fingerprint density at radius 1 is 0.556 bits per heavy atom. The SMILES string of the molecule is O=S(=O)(Oc1nc2ccccc2cc1-c1ccc2c3ccccc3c3ccccc3c2c1)C(F)(F)C(F)(F)C(F)(F)C(F)(F)F. The van der Waals surface area contributed by atoms with Gasteiger partial charge in [0.1, 0.15) is 0 Å². The summed E-state index contributed by atoms with van der Waals surface area (Å²) in [4.78, 5) is 3.85. The van der Waals surface area contributed by atoms with Gasteiger partial charge in [0.05, 0.1) is 5.52 Å². The number of fused-ring (bicyclic) bond motifs is 7. The minimum atomic E-state index is -7.46. The Bertz CT molecular complexity index is 2220. The molecule has 1 aromatic heterocycles. The Labute approximate surface area is 247 Å². The van der Waals surface area contributed by atoms with Crippen LogP contribution in [0.25, 0.3) is 54.3 Å². The number of alkyl halides is 9. The molecule has 0 atom stereocenters. The van der Waals surface area contributed by atoms with Crippen LogP contribution in [0.1, 0.15) is 0 Å². The van der Waals surface area contributed by atoms with Gasteiger partial charge in [-0.3, -0.25) is 0 Å². The van der Waals surface area contributed by atoms with Crippen molar-refractivity contribution in [2.24, 2.45) is 0 Å². The van der Waals surface area contributed by atoms with Gasteiger partial charge in [-0.25, -0.2) is 4.98 Å². The maximum atomic E-state index is 14.6. The third-order valence-electron chi connectivity index (χ3n) is 7.36. The second-order valence-electron chi connectivity index (χ2n) is 10.1. The smallest absolute Gasteiger partial charge is 0.357 e. The van der Waals surface area contributed by atoms with Crippen LogP contribution in [0.4, 0.5) is 39.5 Å². The second kappa shape index (κ2) is 9.96. The molecule has 0 unspecified atom stereocenters. The number of benzene rings is 5. The molecule has 0 aliphatic rings. The van der Waals surface area contributed by atoms with E-state index in [4.69, 9.17) is 0 Å². The van der Waals surface area contributed by atoms with Crippen molar-refractivity contribution in [3.8, 4) is 17.0 Å². The van der Waals surface area contributed by atoms with Crippen LogP contribution in [-0.4, -0.2) is 36.7 Å². The van der Waals surface area contributed by atoms with Gasteiger partial charge in [0, 0.05) is 10.9 Å². The van der Waals surface area contributed by atoms with Gasteiger partial charge in [-0.2, -0.15) is 47.9 Å². The van der Waals surface area contributed by atoms with Gasteiger partial charge < -0.3 is 4.18 Å². The normalized spacial score (nSPS) is 13.6. The molecule has 6 rings (SSSR count). The highest BCUT2D eigenvalue weighted by molar-refractivity contribution is 7.88. The Morgan fingerprint density at radius 2 is 1.04 bits per heavy atom. The predicted molar refractivity (Wildman–Crippen MR) is 150 cm³/mol. The van der Waals surface area contributed by atoms with E-state index in [1.54, 1.807) is 30.3 Å². The monoisotopic (exact) mass is 653 g/mol. The molecule has 1 heterocycles. The molecule has 0 saturated heterocycles. The number of nitrogens with zero attached hydrogens (tertiary/aromatic N) is 1. The van der Waals surface area contributed by atoms with E-state index in [0.29, 0.717) is 10.8 Å². The maximum absolute atomic E-state index is 14.6. The average Bonchev–Trinajstić information content (AvgIpc) is 2.99. The number of aromatic nitrogens is 1. The highest BCUT2D eigenvalue weighted by atomic mass is 32.2. The number of rotatable bonds is 6. The number of halogens is 9. The molecule has 0 bridgehead atoms. The van der Waals surface area contributed by atoms with Gasteiger partial charge in [0.15, 0.2) is 0 Å². The summed E-state index contributed by atoms with van der Waals surface area (Å²) in [6.07, 6.45) is -7.22. The fraction of sp³-hybridized carbons (Fsp3) is 0.129. The lowest BCUT2D eigenvalue weighted by Crippen LogP contribution is -2.63. The lowest BCUT2D eigenvalue weighted by molar-refractivity contribution is -0.382. The van der Waals surface area contributed by atoms with Crippen LogP contribution in [0.2, 0.25) is 0 Å². The molecule has 0 radical (unpaired) electrons. The summed E-state index contributed by atoms with van der Waals surface area (Å²) >= 11 is 0. The minimum Gasteiger partial charge on any atom is -0.357 e. The highest BCUT2D eigenvalue weighted by Gasteiger charge is 2.86. The van der Waals surface area contributed by atoms with Crippen molar-refractivity contribution in [2.75, 3.05) is 0 Å². The Balaban J connectivity index is 1.56. The zero-order valence-electron chi connectivity index (χ0n) is 22.2. The van der Waals surface area contributed by atoms with E-state index in [9.17, 15) is 47.9 Å². The summed E-state index contributed by atoms with van der Waals surface area (Å²) < 4.78 is 152. The number of pyridine rings is 1. The molecule has 0 aliphatic heterocycles. The van der Waals surface area contributed by atoms with Gasteiger partial charge in [0.25, 0.3) is 0 Å². The number of para-hydroxylation sites is 1. The summed E-state index contributed by atoms with van der Waals surface area (Å²) in [6, 6.07) is 26.3. The first-order chi connectivity index (χ1) is 21.0. The third kappa shape index (κ3) is 4.52. The number of hydrogen-bond acceptors (Lipinski definition) is 4. The number of hydrogen-bond donors (Lipinski definition) is 0. The van der Waals surface area contributed by atoms with Crippen LogP contribution < -0.4 is 4.18 Å². The molecule has 0 amide bonds. The van der Waals surface area contributed by atoms with Crippen molar-refractivity contribution in [1.29, 1.82) is 0 Å². The van der Waals surface area contributed by atoms with Gasteiger partial charge in [-0.05, 0) is 56.1 Å². The maximum Gasteiger partial charge on any atom is 0.460 e. The van der Waals surface area contributed by atoms with E-state index >= 15 is 0 Å². The summed E-state index contributed by atoms with van der Waals surface area (Å²) in [5.74, 6) is -16.2. The van der Waals surface area contributed by atoms with E-state index in [1.807, 2.05) is 36.4 Å². The molecule has 232 valence electrons. The summed E-state index contributed by atoms with van der Waals surface area (Å²) in [7, 11) is -7.24. The molecule has 4 nitrogen and oxygen atoms in total. The van der Waals surface area contributed by atoms with Gasteiger partial charge in [0.2, 0.25) is 5.88 Å². The lowest BCUT2D eigenvalue weighted by Gasteiger charge is -2.32. The largest absolute Gasteiger partial charge is 0.460 e. The van der Waals surface area contributed by atoms with Crippen LogP contribution in [0, 0.1) is 0 Å². The average molecular weight is 654 g/mol. The van der Waals surface area contributed by atoms with Crippen LogP contribution in [0.3, 0.4) is 0 Å². The van der Waals surface area contributed by atoms with Crippen LogP contribution >= 0.6 is 0 Å². The summed E-state index contributed by atoms with van der Waals surface area (Å²) in [6.45, 7) is 0. The minimum absolute atomic E-state index is 0.0839. The summed E-state index contributed by atoms with van der Waals surface area (Å²) in [5.41, 5.74) is -0.348. The van der Waals surface area contributed by atoms with Crippen molar-refractivity contribution in [1.82, 2.24) is 4.98 Å². The first-order valence-electron chi connectivity index (χ1n) is 12.9. The standard InChI is InChI=1S/C31H16F9NO3S/c32-28(33,30(36,37)38)29(34,35)31(39,40)45(42,43)44-27-24(16-18-7-1-6-12-26(18)41-27)17-13-14-23-21-10-3-2-8-19(21)20-9-4-5-11-22(20)25(23)15-17/h1-16H. The van der Waals surface area contributed by atoms with E-state index in [1.165, 1.54) is 30.3 Å². The molecule has 0 N–H and O–H groups in total. The zero-order valence-corrected chi connectivity index (χ0v) is 23.0. The molecule has 6 aromatic rings. The van der Waals surface area contributed by atoms with Crippen molar-refractivity contribution >= 4 is 53.3 Å². The lowest BCUT2D eigenvalue weighted by atomic mass is 9.92. The summed E-state index contributed by atoms with van der Waals surface area (Å²) in [5, 5.41) is -2.10. The second-order valence-corrected chi connectivity index (χ2v) is 11.7. The Hall–Kier alpha value is -4.59. The quantitative estimate of drug-likeness (QED) is 0.102. The van der Waals surface area contributed by atoms with Crippen LogP contribution in [0.15, 0.2) is 97.1 Å². The topological polar surface area (TPSA) is 56.3 Å². The van der Waals surface area contributed by atoms with Gasteiger partial charge in [-0.1, -0.05) is 78.9 Å². The van der Waals surface area contributed by atoms with Gasteiger partial charge in [-0.15, -0.1) is 0 Å². The highest BCUT2D eigenvalue weighted by Crippen LogP contribution is 2.55. The van der Waals surface area contributed by atoms with E-state index < -0.39 is 39.3 Å². The van der Waals surface area contributed by atoms with Crippen molar-refractivity contribution in [3.05, 3.63) is 97.1 Å². The zero-order chi connectivity index (χ0) is 32.6. The van der Waals surface area contributed by atoms with Crippen molar-refractivity contribution < 1.29 is 52.1 Å². The molecule has 0 spiro atoms. The fourth-order valence-corrected chi connectivity index (χ4v) is 6.00. The molecule has 0 aliphatic carbocycles. The molecule has 0 fully saturated rings. The van der Waals surface area contributed by atoms with Crippen molar-refractivity contribution in [2.45, 2.75) is 23.3 Å². The molecule has 14 heteroatoms. The van der Waals surface area contributed by atoms with Crippen molar-refractivity contribution in [3.63, 3.8) is 0 Å². The van der Waals surface area contributed by atoms with Gasteiger partial charge >= 0.3 is 33.4 Å². The fourth-order valence-electron chi connectivity index (χ4n) is 5.12. The van der Waals surface area contributed by atoms with Crippen LogP contribution in [-0.2, 0) is 10.1 Å². The molecule has 0 saturated carbocycles. The molecular formula is C31H16F9NO3S. The van der Waals surface area contributed by atoms with E-state index in [-0.39, 0.29) is 16.6 Å². The van der Waals surface area contributed by atoms with Crippen LogP contribution in [0.5, 0.6) is 5.88 Å². The third-order valence-corrected chi connectivity index (χ3v) is 8.62. The van der Waals surface area contributed by atoms with E-state index in [0.717, 1.165) is 26.9 Å². The first kappa shape index (κ1) is 30.4.